The Bertz CT molecular complexity index is 3360. The monoisotopic (exact) mass is 1240 g/mol. The number of aromatic nitrogens is 4. The van der Waals surface area contributed by atoms with E-state index in [-0.39, 0.29) is 73.3 Å². The van der Waals surface area contributed by atoms with Crippen LogP contribution in [0.2, 0.25) is 0 Å². The standard InChI is InChI=1S/C30H32F6N4O4.C29H30F6N4O4/c1-4-5-13-44-17-23-16-39(15-19-7-6-8-22(14-19)29(31,32)33)27-24(25(30(34,35)36)38-40(23)27)26(41)37-18(2)20-9-11-21(12-10-20)28(42)43-3;1-3-4-12-43-16-22-15-38(14-18-6-5-7-21(13-18)28(30,31)32)26-23(24(29(33,34)35)37-39(22)26)25(40)36-17(2)19-8-10-20(11-9-19)27(41)42/h6-12,14,18,23H,4-5,13,15-17H2,1-3H3,(H,37,41);5-11,13,17,22H,3-4,12,14-16H2,1-2H3,(H,36,40)(H,41,42)/t18-,23-;17-,22-/m00/s1. The average molecular weight is 1240 g/mol. The van der Waals surface area contributed by atoms with Crippen molar-refractivity contribution in [3.8, 4) is 0 Å². The van der Waals surface area contributed by atoms with Gasteiger partial charge in [-0.25, -0.2) is 19.0 Å². The number of hydrogen-bond acceptors (Lipinski definition) is 11. The van der Waals surface area contributed by atoms with Gasteiger partial charge in [0, 0.05) is 39.4 Å². The number of carboxylic acids is 1. The Hall–Kier alpha value is -8.14. The zero-order valence-corrected chi connectivity index (χ0v) is 47.6. The van der Waals surface area contributed by atoms with Gasteiger partial charge in [-0.05, 0) is 97.5 Å². The molecule has 8 rings (SSSR count). The highest BCUT2D eigenvalue weighted by atomic mass is 19.4. The van der Waals surface area contributed by atoms with Crippen LogP contribution in [0.5, 0.6) is 0 Å². The van der Waals surface area contributed by atoms with Gasteiger partial charge >= 0.3 is 36.6 Å². The van der Waals surface area contributed by atoms with Crippen molar-refractivity contribution in [3.63, 3.8) is 0 Å². The largest absolute Gasteiger partial charge is 0.478 e. The topological polar surface area (TPSA) is 182 Å². The summed E-state index contributed by atoms with van der Waals surface area (Å²) in [5, 5.41) is 21.8. The molecule has 470 valence electrons. The molecule has 0 aliphatic carbocycles. The first-order valence-electron chi connectivity index (χ1n) is 27.4. The van der Waals surface area contributed by atoms with E-state index in [1.807, 2.05) is 13.8 Å². The number of carbonyl (C=O) groups excluding carboxylic acids is 3. The molecule has 0 saturated heterocycles. The number of benzene rings is 4. The van der Waals surface area contributed by atoms with E-state index < -0.39 is 106 Å². The zero-order chi connectivity index (χ0) is 63.8. The van der Waals surface area contributed by atoms with Gasteiger partial charge in [0.05, 0.1) is 66.7 Å². The van der Waals surface area contributed by atoms with Gasteiger partial charge in [-0.15, -0.1) is 0 Å². The van der Waals surface area contributed by atoms with Crippen molar-refractivity contribution in [2.45, 2.75) is 115 Å². The van der Waals surface area contributed by atoms with Crippen molar-refractivity contribution in [2.24, 2.45) is 0 Å². The first kappa shape index (κ1) is 66.4. The fourth-order valence-electron chi connectivity index (χ4n) is 9.85. The van der Waals surface area contributed by atoms with E-state index in [2.05, 4.69) is 25.6 Å². The van der Waals surface area contributed by atoms with Crippen LogP contribution in [-0.4, -0.2) is 95.0 Å². The van der Waals surface area contributed by atoms with E-state index in [1.54, 1.807) is 6.92 Å². The maximum Gasteiger partial charge on any atom is 0.436 e. The molecule has 16 nitrogen and oxygen atoms in total. The van der Waals surface area contributed by atoms with Gasteiger partial charge < -0.3 is 39.8 Å². The maximum absolute atomic E-state index is 14.3. The molecule has 2 aliphatic rings. The number of amides is 2. The Kier molecular flexibility index (Phi) is 21.1. The molecule has 87 heavy (non-hydrogen) atoms. The predicted octanol–water partition coefficient (Wildman–Crippen LogP) is 13.1. The minimum atomic E-state index is -5.02. The number of methoxy groups -OCH3 is 1. The zero-order valence-electron chi connectivity index (χ0n) is 47.6. The first-order chi connectivity index (χ1) is 40.9. The normalized spacial score (nSPS) is 15.7. The number of hydrogen-bond donors (Lipinski definition) is 3. The van der Waals surface area contributed by atoms with Gasteiger partial charge in [-0.1, -0.05) is 75.2 Å². The second-order valence-electron chi connectivity index (χ2n) is 20.7. The van der Waals surface area contributed by atoms with E-state index in [0.29, 0.717) is 24.3 Å². The van der Waals surface area contributed by atoms with Crippen molar-refractivity contribution in [2.75, 3.05) is 56.4 Å². The molecule has 28 heteroatoms. The summed E-state index contributed by atoms with van der Waals surface area (Å²) in [4.78, 5) is 52.8. The van der Waals surface area contributed by atoms with Crippen molar-refractivity contribution >= 4 is 35.4 Å². The summed E-state index contributed by atoms with van der Waals surface area (Å²) in [6.07, 6.45) is -16.1. The van der Waals surface area contributed by atoms with Gasteiger partial charge in [-0.3, -0.25) is 9.59 Å². The van der Waals surface area contributed by atoms with Gasteiger partial charge in [0.1, 0.15) is 22.8 Å². The third kappa shape index (κ3) is 16.3. The Morgan fingerprint density at radius 2 is 0.954 bits per heavy atom. The molecule has 0 radical (unpaired) electrons. The molecule has 2 aromatic heterocycles. The molecular weight excluding hydrogens is 1180 g/mol. The lowest BCUT2D eigenvalue weighted by molar-refractivity contribution is -0.142. The minimum absolute atomic E-state index is 0.00489. The maximum atomic E-state index is 14.3. The molecule has 0 spiro atoms. The Morgan fingerprint density at radius 3 is 1.29 bits per heavy atom. The molecule has 3 N–H and O–H groups in total. The van der Waals surface area contributed by atoms with E-state index in [9.17, 15) is 71.9 Å². The number of ether oxygens (including phenoxy) is 3. The molecule has 6 aromatic rings. The Labute approximate surface area is 491 Å². The Morgan fingerprint density at radius 1 is 0.575 bits per heavy atom. The van der Waals surface area contributed by atoms with Gasteiger partial charge in [0.25, 0.3) is 11.8 Å². The molecule has 2 aliphatic heterocycles. The summed E-state index contributed by atoms with van der Waals surface area (Å²) < 4.78 is 184. The summed E-state index contributed by atoms with van der Waals surface area (Å²) in [5.74, 6) is -4.24. The lowest BCUT2D eigenvalue weighted by Crippen LogP contribution is -2.31. The van der Waals surface area contributed by atoms with E-state index in [0.717, 1.165) is 59.3 Å². The molecule has 0 saturated carbocycles. The number of carbonyl (C=O) groups is 4. The van der Waals surface area contributed by atoms with Crippen LogP contribution in [0.1, 0.15) is 164 Å². The average Bonchev–Trinajstić information content (AvgIpc) is 1.62. The van der Waals surface area contributed by atoms with Crippen LogP contribution in [0.3, 0.4) is 0 Å². The highest BCUT2D eigenvalue weighted by molar-refractivity contribution is 6.02. The second-order valence-corrected chi connectivity index (χ2v) is 20.7. The predicted molar refractivity (Wildman–Crippen MR) is 292 cm³/mol. The van der Waals surface area contributed by atoms with Crippen LogP contribution < -0.4 is 20.4 Å². The number of halogens is 12. The lowest BCUT2D eigenvalue weighted by atomic mass is 10.1. The van der Waals surface area contributed by atoms with Gasteiger partial charge in [0.15, 0.2) is 11.4 Å². The van der Waals surface area contributed by atoms with Crippen molar-refractivity contribution in [3.05, 3.63) is 164 Å². The number of esters is 1. The molecule has 0 fully saturated rings. The summed E-state index contributed by atoms with van der Waals surface area (Å²) in [6, 6.07) is 17.4. The molecule has 4 aromatic carbocycles. The van der Waals surface area contributed by atoms with Gasteiger partial charge in [0.2, 0.25) is 0 Å². The summed E-state index contributed by atoms with van der Waals surface area (Å²) in [5.41, 5.74) is -4.58. The van der Waals surface area contributed by atoms with Crippen LogP contribution in [-0.2, 0) is 52.0 Å². The number of nitrogens with one attached hydrogen (secondary N) is 2. The number of fused-ring (bicyclic) bond motifs is 2. The van der Waals surface area contributed by atoms with Crippen molar-refractivity contribution < 1.29 is 91.2 Å². The third-order valence-electron chi connectivity index (χ3n) is 14.3. The number of aromatic carboxylic acids is 1. The number of unbranched alkanes of at least 4 members (excludes halogenated alkanes) is 2. The smallest absolute Gasteiger partial charge is 0.436 e. The number of anilines is 2. The van der Waals surface area contributed by atoms with Crippen LogP contribution in [0.4, 0.5) is 64.3 Å². The highest BCUT2D eigenvalue weighted by Gasteiger charge is 2.48. The van der Waals surface area contributed by atoms with E-state index in [1.165, 1.54) is 96.6 Å². The van der Waals surface area contributed by atoms with Crippen molar-refractivity contribution in [1.29, 1.82) is 0 Å². The van der Waals surface area contributed by atoms with Crippen molar-refractivity contribution in [1.82, 2.24) is 30.2 Å². The summed E-state index contributed by atoms with van der Waals surface area (Å²) >= 11 is 0. The van der Waals surface area contributed by atoms with Gasteiger partial charge in [-0.2, -0.15) is 62.9 Å². The molecule has 4 heterocycles. The lowest BCUT2D eigenvalue weighted by Gasteiger charge is -2.22. The third-order valence-corrected chi connectivity index (χ3v) is 14.3. The van der Waals surface area contributed by atoms with E-state index in [4.69, 9.17) is 14.6 Å². The fourth-order valence-corrected chi connectivity index (χ4v) is 9.85. The first-order valence-corrected chi connectivity index (χ1v) is 27.4. The Balaban J connectivity index is 0.000000249. The van der Waals surface area contributed by atoms with Crippen LogP contribution in [0, 0.1) is 0 Å². The molecule has 2 amide bonds. The number of alkyl halides is 12. The molecular formula is C59H62F12N8O8. The van der Waals surface area contributed by atoms with Crippen LogP contribution in [0.25, 0.3) is 0 Å². The number of rotatable bonds is 22. The number of carboxylic acid groups (broad SMARTS) is 1. The van der Waals surface area contributed by atoms with Crippen LogP contribution in [0.15, 0.2) is 97.1 Å². The fraction of sp³-hybridized carbons (Fsp3) is 0.424. The highest BCUT2D eigenvalue weighted by Crippen LogP contribution is 2.44. The molecule has 4 atom stereocenters. The SMILES string of the molecule is CCCCOC[C@@H]1CN(Cc2cccc(C(F)(F)F)c2)c2c(C(=O)N[C@@H](C)c3ccc(C(=O)O)cc3)c(C(F)(F)F)nn21.CCCCOC[C@@H]1CN(Cc2cccc(C(F)(F)F)c2)c2c(C(=O)N[C@@H](C)c3ccc(C(=O)OC)cc3)c(C(F)(F)F)nn21. The molecule has 0 bridgehead atoms. The summed E-state index contributed by atoms with van der Waals surface area (Å²) in [7, 11) is 1.22. The van der Waals surface area contributed by atoms with Crippen LogP contribution >= 0.6 is 0 Å². The summed E-state index contributed by atoms with van der Waals surface area (Å²) in [6.45, 7) is 7.38. The minimum Gasteiger partial charge on any atom is -0.478 e. The second kappa shape index (κ2) is 27.7. The quantitative estimate of drug-likeness (QED) is 0.0333. The number of nitrogens with zero attached hydrogens (tertiary/aromatic N) is 6. The molecule has 0 unspecified atom stereocenters. The van der Waals surface area contributed by atoms with E-state index >= 15 is 0 Å².